The maximum atomic E-state index is 11.9. The van der Waals surface area contributed by atoms with Gasteiger partial charge in [-0.2, -0.15) is 0 Å². The minimum Gasteiger partial charge on any atom is -0.395 e. The zero-order valence-corrected chi connectivity index (χ0v) is 12.9. The van der Waals surface area contributed by atoms with Crippen molar-refractivity contribution in [3.8, 4) is 0 Å². The van der Waals surface area contributed by atoms with Crippen LogP contribution in [0.15, 0.2) is 30.3 Å². The third-order valence-electron chi connectivity index (χ3n) is 2.86. The molecule has 0 radical (unpaired) electrons. The molecular formula is C15H23NO3S. The third-order valence-corrected chi connectivity index (χ3v) is 4.08. The van der Waals surface area contributed by atoms with Crippen molar-refractivity contribution in [2.75, 3.05) is 18.1 Å². The van der Waals surface area contributed by atoms with E-state index in [0.717, 1.165) is 12.0 Å². The zero-order chi connectivity index (χ0) is 15.0. The number of aliphatic hydroxyl groups is 1. The van der Waals surface area contributed by atoms with Crippen LogP contribution in [-0.2, 0) is 15.6 Å². The summed E-state index contributed by atoms with van der Waals surface area (Å²) in [6.07, 6.45) is 0.836. The average Bonchev–Trinajstić information content (AvgIpc) is 2.38. The molecular weight excluding hydrogens is 274 g/mol. The number of rotatable bonds is 8. The highest BCUT2D eigenvalue weighted by atomic mass is 32.2. The topological polar surface area (TPSA) is 66.4 Å². The van der Waals surface area contributed by atoms with Gasteiger partial charge in [0.15, 0.2) is 0 Å². The molecule has 1 aromatic rings. The maximum Gasteiger partial charge on any atom is 0.233 e. The van der Waals surface area contributed by atoms with Crippen molar-refractivity contribution in [3.05, 3.63) is 35.9 Å². The van der Waals surface area contributed by atoms with E-state index in [-0.39, 0.29) is 30.1 Å². The first-order valence-electron chi connectivity index (χ1n) is 6.83. The van der Waals surface area contributed by atoms with Gasteiger partial charge in [0.2, 0.25) is 5.91 Å². The van der Waals surface area contributed by atoms with E-state index in [2.05, 4.69) is 19.2 Å². The zero-order valence-electron chi connectivity index (χ0n) is 12.0. The first-order valence-corrected chi connectivity index (χ1v) is 8.32. The highest BCUT2D eigenvalue weighted by molar-refractivity contribution is 7.85. The molecule has 2 N–H and O–H groups in total. The van der Waals surface area contributed by atoms with Crippen molar-refractivity contribution in [2.24, 2.45) is 5.92 Å². The van der Waals surface area contributed by atoms with Gasteiger partial charge in [0.05, 0.1) is 12.6 Å². The van der Waals surface area contributed by atoms with Crippen LogP contribution in [0.3, 0.4) is 0 Å². The molecule has 0 aliphatic heterocycles. The Morgan fingerprint density at radius 3 is 2.50 bits per heavy atom. The normalized spacial score (nSPS) is 14.0. The maximum absolute atomic E-state index is 11.9. The van der Waals surface area contributed by atoms with E-state index in [1.54, 1.807) is 0 Å². The molecule has 2 atom stereocenters. The summed E-state index contributed by atoms with van der Waals surface area (Å²) in [6, 6.07) is 9.73. The highest BCUT2D eigenvalue weighted by Crippen LogP contribution is 2.20. The van der Waals surface area contributed by atoms with Crippen molar-refractivity contribution in [1.82, 2.24) is 5.32 Å². The number of aliphatic hydroxyl groups excluding tert-OH is 1. The van der Waals surface area contributed by atoms with Gasteiger partial charge in [0, 0.05) is 16.6 Å². The van der Waals surface area contributed by atoms with Gasteiger partial charge in [-0.3, -0.25) is 9.00 Å². The van der Waals surface area contributed by atoms with Crippen LogP contribution >= 0.6 is 0 Å². The molecule has 0 saturated heterocycles. The molecule has 0 heterocycles. The van der Waals surface area contributed by atoms with Crippen LogP contribution < -0.4 is 5.32 Å². The number of hydrogen-bond donors (Lipinski definition) is 2. The van der Waals surface area contributed by atoms with E-state index in [1.165, 1.54) is 0 Å². The summed E-state index contributed by atoms with van der Waals surface area (Å²) in [4.78, 5) is 11.9. The second-order valence-corrected chi connectivity index (χ2v) is 6.75. The van der Waals surface area contributed by atoms with E-state index in [0.29, 0.717) is 5.92 Å². The molecule has 0 fully saturated rings. The Labute approximate surface area is 123 Å². The van der Waals surface area contributed by atoms with Gasteiger partial charge in [-0.1, -0.05) is 44.2 Å². The SMILES string of the molecule is CC(C)CC(NC(=O)CS(=O)CCO)c1ccccc1. The smallest absolute Gasteiger partial charge is 0.233 e. The minimum absolute atomic E-state index is 0.0536. The summed E-state index contributed by atoms with van der Waals surface area (Å²) in [5.41, 5.74) is 1.06. The summed E-state index contributed by atoms with van der Waals surface area (Å²) in [5, 5.41) is 11.6. The number of carbonyl (C=O) groups is 1. The van der Waals surface area contributed by atoms with Crippen LogP contribution in [0.2, 0.25) is 0 Å². The lowest BCUT2D eigenvalue weighted by Gasteiger charge is -2.21. The fraction of sp³-hybridized carbons (Fsp3) is 0.533. The first-order chi connectivity index (χ1) is 9.52. The molecule has 0 saturated carbocycles. The van der Waals surface area contributed by atoms with Gasteiger partial charge in [0.1, 0.15) is 5.75 Å². The predicted octanol–water partition coefficient (Wildman–Crippen LogP) is 1.63. The van der Waals surface area contributed by atoms with Crippen molar-refractivity contribution >= 4 is 16.7 Å². The van der Waals surface area contributed by atoms with Crippen molar-refractivity contribution in [3.63, 3.8) is 0 Å². The Morgan fingerprint density at radius 1 is 1.30 bits per heavy atom. The Balaban J connectivity index is 2.66. The molecule has 1 rings (SSSR count). The van der Waals surface area contributed by atoms with Crippen molar-refractivity contribution in [2.45, 2.75) is 26.3 Å². The van der Waals surface area contributed by atoms with Gasteiger partial charge in [-0.25, -0.2) is 0 Å². The largest absolute Gasteiger partial charge is 0.395 e. The fourth-order valence-corrected chi connectivity index (χ4v) is 2.72. The van der Waals surface area contributed by atoms with Crippen molar-refractivity contribution in [1.29, 1.82) is 0 Å². The lowest BCUT2D eigenvalue weighted by Crippen LogP contribution is -2.33. The van der Waals surface area contributed by atoms with E-state index < -0.39 is 10.8 Å². The molecule has 0 spiro atoms. The Hall–Kier alpha value is -1.20. The van der Waals surface area contributed by atoms with Gasteiger partial charge in [-0.05, 0) is 17.9 Å². The second kappa shape index (κ2) is 8.87. The molecule has 0 aliphatic rings. The lowest BCUT2D eigenvalue weighted by atomic mass is 9.97. The van der Waals surface area contributed by atoms with E-state index in [1.807, 2.05) is 30.3 Å². The number of benzene rings is 1. The molecule has 112 valence electrons. The van der Waals surface area contributed by atoms with Crippen LogP contribution in [-0.4, -0.2) is 33.3 Å². The average molecular weight is 297 g/mol. The quantitative estimate of drug-likeness (QED) is 0.766. The highest BCUT2D eigenvalue weighted by Gasteiger charge is 2.17. The Morgan fingerprint density at radius 2 is 1.95 bits per heavy atom. The summed E-state index contributed by atoms with van der Waals surface area (Å²) in [7, 11) is -1.30. The van der Waals surface area contributed by atoms with Gasteiger partial charge >= 0.3 is 0 Å². The number of carbonyl (C=O) groups excluding carboxylic acids is 1. The summed E-state index contributed by atoms with van der Waals surface area (Å²) >= 11 is 0. The standard InChI is InChI=1S/C15H23NO3S/c1-12(2)10-14(13-6-4-3-5-7-13)16-15(18)11-20(19)9-8-17/h3-7,12,14,17H,8-11H2,1-2H3,(H,16,18). The molecule has 1 amide bonds. The molecule has 4 nitrogen and oxygen atoms in total. The number of nitrogens with one attached hydrogen (secondary N) is 1. The van der Waals surface area contributed by atoms with Gasteiger partial charge in [0.25, 0.3) is 0 Å². The third kappa shape index (κ3) is 6.30. The molecule has 5 heteroatoms. The summed E-state index contributed by atoms with van der Waals surface area (Å²) < 4.78 is 11.5. The predicted molar refractivity (Wildman–Crippen MR) is 81.7 cm³/mol. The van der Waals surface area contributed by atoms with Crippen molar-refractivity contribution < 1.29 is 14.1 Å². The lowest BCUT2D eigenvalue weighted by molar-refractivity contribution is -0.119. The van der Waals surface area contributed by atoms with E-state index >= 15 is 0 Å². The second-order valence-electron chi connectivity index (χ2n) is 5.17. The van der Waals surface area contributed by atoms with Gasteiger partial charge in [-0.15, -0.1) is 0 Å². The number of hydrogen-bond acceptors (Lipinski definition) is 3. The molecule has 0 bridgehead atoms. The Bertz CT molecular complexity index is 434. The summed E-state index contributed by atoms with van der Waals surface area (Å²) in [5.74, 6) is 0.310. The summed E-state index contributed by atoms with van der Waals surface area (Å²) in [6.45, 7) is 4.05. The molecule has 20 heavy (non-hydrogen) atoms. The van der Waals surface area contributed by atoms with Crippen LogP contribution in [0.1, 0.15) is 31.9 Å². The Kier molecular flexibility index (Phi) is 7.47. The first kappa shape index (κ1) is 16.9. The van der Waals surface area contributed by atoms with E-state index in [4.69, 9.17) is 5.11 Å². The minimum atomic E-state index is -1.30. The fourth-order valence-electron chi connectivity index (χ4n) is 1.99. The molecule has 1 aromatic carbocycles. The number of amides is 1. The monoisotopic (exact) mass is 297 g/mol. The molecule has 0 aliphatic carbocycles. The molecule has 2 unspecified atom stereocenters. The van der Waals surface area contributed by atoms with Crippen LogP contribution in [0.25, 0.3) is 0 Å². The van der Waals surface area contributed by atoms with Gasteiger partial charge < -0.3 is 10.4 Å². The van der Waals surface area contributed by atoms with Crippen LogP contribution in [0, 0.1) is 5.92 Å². The van der Waals surface area contributed by atoms with Crippen LogP contribution in [0.4, 0.5) is 0 Å². The van der Waals surface area contributed by atoms with E-state index in [9.17, 15) is 9.00 Å². The van der Waals surface area contributed by atoms with Crippen LogP contribution in [0.5, 0.6) is 0 Å². The molecule has 0 aromatic heterocycles.